The second kappa shape index (κ2) is 47.4. The van der Waals surface area contributed by atoms with Crippen LogP contribution in [0, 0.1) is 11.8 Å². The number of fused-ring (bicyclic) bond motifs is 1. The molecule has 0 radical (unpaired) electrons. The molecular weight excluding hydrogens is 1500 g/mol. The van der Waals surface area contributed by atoms with Crippen LogP contribution in [-0.4, -0.2) is 219 Å². The predicted octanol–water partition coefficient (Wildman–Crippen LogP) is -1.80. The molecule has 5 aromatic rings. The molecule has 0 spiro atoms. The van der Waals surface area contributed by atoms with E-state index in [1.54, 1.807) is 128 Å². The van der Waals surface area contributed by atoms with Crippen LogP contribution in [0.4, 0.5) is 0 Å². The highest BCUT2D eigenvalue weighted by Crippen LogP contribution is 2.25. The summed E-state index contributed by atoms with van der Waals surface area (Å²) in [7, 11) is 2.12. The maximum atomic E-state index is 15.4. The van der Waals surface area contributed by atoms with Crippen molar-refractivity contribution in [1.29, 1.82) is 0 Å². The van der Waals surface area contributed by atoms with Crippen LogP contribution >= 0.6 is 21.6 Å². The van der Waals surface area contributed by atoms with Crippen molar-refractivity contribution in [1.82, 2.24) is 63.5 Å². The van der Waals surface area contributed by atoms with Gasteiger partial charge in [-0.25, -0.2) is 0 Å². The van der Waals surface area contributed by atoms with Gasteiger partial charge in [0, 0.05) is 66.8 Å². The van der Waals surface area contributed by atoms with Crippen LogP contribution in [0.25, 0.3) is 10.9 Å². The lowest BCUT2D eigenvalue weighted by Gasteiger charge is -2.29. The molecule has 12 amide bonds. The van der Waals surface area contributed by atoms with Crippen LogP contribution in [0.15, 0.2) is 121 Å². The first-order valence-electron chi connectivity index (χ1n) is 37.7. The van der Waals surface area contributed by atoms with Gasteiger partial charge in [-0.15, -0.1) is 0 Å². The van der Waals surface area contributed by atoms with E-state index in [0.717, 1.165) is 21.6 Å². The van der Waals surface area contributed by atoms with E-state index in [4.69, 9.17) is 22.9 Å². The van der Waals surface area contributed by atoms with E-state index < -0.39 is 205 Å². The molecule has 1 aliphatic rings. The number of amides is 12. The predicted molar refractivity (Wildman–Crippen MR) is 425 cm³/mol. The molecule has 33 nitrogen and oxygen atoms in total. The second-order valence-electron chi connectivity index (χ2n) is 28.2. The fraction of sp³-hybridized carbons (Fsp3) is 0.487. The molecule has 35 heteroatoms. The number of aromatic nitrogens is 1. The minimum Gasteiger partial charge on any atom is -0.394 e. The average Bonchev–Trinajstić information content (AvgIpc) is 1.77. The third-order valence-electron chi connectivity index (χ3n) is 18.8. The number of benzene rings is 4. The van der Waals surface area contributed by atoms with Crippen molar-refractivity contribution < 1.29 is 82.4 Å². The van der Waals surface area contributed by atoms with Gasteiger partial charge in [-0.3, -0.25) is 67.1 Å². The van der Waals surface area contributed by atoms with Crippen molar-refractivity contribution in [3.8, 4) is 0 Å². The first-order valence-corrected chi connectivity index (χ1v) is 40.2. The van der Waals surface area contributed by atoms with E-state index in [-0.39, 0.29) is 76.0 Å². The van der Waals surface area contributed by atoms with Crippen LogP contribution in [-0.2, 0) is 92.8 Å². The molecule has 0 unspecified atom stereocenters. The molecule has 0 saturated carbocycles. The number of rotatable bonds is 25. The van der Waals surface area contributed by atoms with Crippen LogP contribution in [0.5, 0.6) is 0 Å². The second-order valence-corrected chi connectivity index (χ2v) is 30.7. The van der Waals surface area contributed by atoms with Crippen molar-refractivity contribution in [2.45, 2.75) is 190 Å². The lowest BCUT2D eigenvalue weighted by molar-refractivity contribution is -0.139. The third-order valence-corrected chi connectivity index (χ3v) is 21.4. The maximum absolute atomic E-state index is 15.4. The number of unbranched alkanes of at least 4 members (excludes halogenated alkanes) is 2. The maximum Gasteiger partial charge on any atom is 0.245 e. The molecule has 6 rings (SSSR count). The molecule has 1 aliphatic heterocycles. The van der Waals surface area contributed by atoms with Crippen molar-refractivity contribution in [2.24, 2.45) is 34.8 Å². The van der Waals surface area contributed by atoms with Gasteiger partial charge in [-0.1, -0.05) is 131 Å². The number of aliphatic hydroxyl groups is 3. The zero-order chi connectivity index (χ0) is 82.7. The minimum absolute atomic E-state index is 0.0596. The molecule has 2 heterocycles. The number of hydrogen-bond acceptors (Lipinski definition) is 22. The Morgan fingerprint density at radius 2 is 0.894 bits per heavy atom. The summed E-state index contributed by atoms with van der Waals surface area (Å²) in [6.07, 6.45) is -3.79. The van der Waals surface area contributed by atoms with Crippen LogP contribution in [0.2, 0.25) is 0 Å². The number of aromatic amines is 1. The molecule has 0 bridgehead atoms. The molecule has 614 valence electrons. The molecule has 4 aromatic carbocycles. The van der Waals surface area contributed by atoms with E-state index >= 15 is 14.4 Å². The number of primary amides is 1. The van der Waals surface area contributed by atoms with E-state index in [1.165, 1.54) is 20.8 Å². The molecule has 15 atom stereocenters. The summed E-state index contributed by atoms with van der Waals surface area (Å²) in [6, 6.07) is 16.5. The first kappa shape index (κ1) is 91.7. The van der Waals surface area contributed by atoms with E-state index in [2.05, 4.69) is 63.5 Å². The number of hydrogen-bond donors (Lipinski definition) is 19. The largest absolute Gasteiger partial charge is 0.394 e. The van der Waals surface area contributed by atoms with Gasteiger partial charge in [0.15, 0.2) is 11.6 Å². The Morgan fingerprint density at radius 1 is 0.487 bits per heavy atom. The van der Waals surface area contributed by atoms with Crippen molar-refractivity contribution in [3.05, 3.63) is 144 Å². The van der Waals surface area contributed by atoms with Gasteiger partial charge in [-0.05, 0) is 114 Å². The van der Waals surface area contributed by atoms with E-state index in [0.29, 0.717) is 46.0 Å². The smallest absolute Gasteiger partial charge is 0.245 e. The van der Waals surface area contributed by atoms with Crippen molar-refractivity contribution >= 4 is 115 Å². The Kier molecular flexibility index (Phi) is 38.5. The van der Waals surface area contributed by atoms with Crippen molar-refractivity contribution in [2.75, 3.05) is 37.7 Å². The number of carbonyl (C=O) groups excluding carboxylic acids is 14. The number of H-pyrrole nitrogens is 1. The minimum atomic E-state index is -1.84. The Hall–Kier alpha value is -10.1. The average molecular weight is 1610 g/mol. The number of ketones is 2. The van der Waals surface area contributed by atoms with Gasteiger partial charge >= 0.3 is 0 Å². The lowest BCUT2D eigenvalue weighted by atomic mass is 9.89. The Morgan fingerprint density at radius 3 is 1.39 bits per heavy atom. The van der Waals surface area contributed by atoms with Crippen LogP contribution < -0.4 is 81.4 Å². The van der Waals surface area contributed by atoms with Crippen LogP contribution in [0.3, 0.4) is 0 Å². The summed E-state index contributed by atoms with van der Waals surface area (Å²) in [6.45, 7) is 4.15. The molecule has 1 fully saturated rings. The van der Waals surface area contributed by atoms with Gasteiger partial charge in [0.1, 0.15) is 42.3 Å². The number of carbonyl (C=O) groups is 14. The number of nitrogens with two attached hydrogens (primary N) is 4. The zero-order valence-corrected chi connectivity index (χ0v) is 65.5. The molecule has 1 saturated heterocycles. The number of nitrogens with one attached hydrogen (secondary N) is 12. The number of aliphatic hydroxyl groups excluding tert-OH is 3. The van der Waals surface area contributed by atoms with Crippen LogP contribution in [0.1, 0.15) is 108 Å². The summed E-state index contributed by atoms with van der Waals surface area (Å²) in [5.74, 6) is -16.3. The number of Topliss-reactive ketones (excluding diaryl/α,β-unsaturated/α-hetero) is 2. The van der Waals surface area contributed by atoms with Gasteiger partial charge < -0.3 is 102 Å². The van der Waals surface area contributed by atoms with Gasteiger partial charge in [0.25, 0.3) is 0 Å². The quantitative estimate of drug-likeness (QED) is 0.0226. The summed E-state index contributed by atoms with van der Waals surface area (Å²) >= 11 is 0. The van der Waals surface area contributed by atoms with E-state index in [1.807, 2.05) is 0 Å². The number of para-hydroxylation sites is 1. The zero-order valence-electron chi connectivity index (χ0n) is 63.8. The third kappa shape index (κ3) is 30.7. The highest BCUT2D eigenvalue weighted by molar-refractivity contribution is 8.76. The molecule has 1 aromatic heterocycles. The Balaban J connectivity index is 1.45. The highest BCUT2D eigenvalue weighted by Gasteiger charge is 2.40. The SMILES string of the molecule is C[C@@H]1CSSC[C@H](NC(=O)CNC(=O)[C@H](C)N)C(=O)N[C@@H](CCCCN)C(=O)N[C@@H](CC(N)=O)C(=O)N[C@@H](Cc2ccccc2)C(=O)N[C@@H](Cc2ccccc2)C(=O)N[C@@H](Cc2c[nH]c3ccccc23)C(=O)N[C@@H](CCCCN)C(=O)C[C@@H]([C@@H](C)O)C(=O)N[C@@H](Cc2ccccc2)C(=O)C[C@@H]([C@@H](C)O)C(=O)N[C@@H](CO)C(=O)N1. The Labute approximate surface area is 663 Å². The van der Waals surface area contributed by atoms with Gasteiger partial charge in [-0.2, -0.15) is 0 Å². The lowest BCUT2D eigenvalue weighted by Crippen LogP contribution is -2.61. The van der Waals surface area contributed by atoms with Crippen molar-refractivity contribution in [3.63, 3.8) is 0 Å². The molecule has 23 N–H and O–H groups in total. The van der Waals surface area contributed by atoms with Gasteiger partial charge in [0.05, 0.1) is 61.7 Å². The molecular formula is C78H108N16O17S2. The topological polar surface area (TPSA) is 552 Å². The first-order chi connectivity index (χ1) is 54.0. The van der Waals surface area contributed by atoms with Gasteiger partial charge in [0.2, 0.25) is 70.9 Å². The summed E-state index contributed by atoms with van der Waals surface area (Å²) < 4.78 is 0. The summed E-state index contributed by atoms with van der Waals surface area (Å²) in [5, 5.41) is 62.5. The van der Waals surface area contributed by atoms with E-state index in [9.17, 15) is 68.1 Å². The highest BCUT2D eigenvalue weighted by atomic mass is 33.1. The summed E-state index contributed by atoms with van der Waals surface area (Å²) in [4.78, 5) is 204. The Bertz CT molecular complexity index is 4010. The standard InChI is InChI=1S/C78H108N16O17S2/c1-44-42-112-113-43-64(86-68(101)40-84-69(102)45(2)81)78(111)88-57(29-17-19-31-80)72(105)93-62(38-67(82)100)76(109)91-59(33-49-22-10-6-11-23-49)73(106)90-60(34-50-24-12-7-13-25-50)74(107)92-61(35-51-39-83-55-27-15-14-26-52(51)55)75(108)87-56(28-16-18-30-79)65(98)36-53(46(3)96)70(103)89-58(32-48-20-8-5-9-21-48)66(99)37-54(47(4)97)71(104)94-63(41-95)77(110)85-44/h5-15,20-27,39,44-47,53-54,56-64,83,95-97H,16-19,28-38,40-43,79-81H2,1-4H3,(H2,82,100)(H,84,102)(H,85,110)(H,86,101)(H,87,108)(H,88,111)(H,89,103)(H,90,106)(H,91,109)(H,92,107)(H,93,105)(H,94,104)/t44-,45+,46-,47-,53+,54+,56+,57+,58+,59+,60+,61+,62+,63+,64+/m1/s1. The summed E-state index contributed by atoms with van der Waals surface area (Å²) in [5.41, 5.74) is 26.0. The fourth-order valence-electron chi connectivity index (χ4n) is 12.4. The normalized spacial score (nSPS) is 24.1. The fourth-order valence-corrected chi connectivity index (χ4v) is 14.8. The molecule has 113 heavy (non-hydrogen) atoms. The molecule has 0 aliphatic carbocycles. The monoisotopic (exact) mass is 1600 g/mol.